The van der Waals surface area contributed by atoms with Gasteiger partial charge in [0.1, 0.15) is 0 Å². The fraction of sp³-hybridized carbons (Fsp3) is 0.143. The van der Waals surface area contributed by atoms with E-state index in [0.717, 1.165) is 10.8 Å². The van der Waals surface area contributed by atoms with E-state index in [0.29, 0.717) is 23.8 Å². The van der Waals surface area contributed by atoms with E-state index in [4.69, 9.17) is 0 Å². The molecule has 0 bridgehead atoms. The van der Waals surface area contributed by atoms with Crippen LogP contribution in [0.1, 0.15) is 20.7 Å². The number of benzene rings is 2. The molecule has 0 spiro atoms. The summed E-state index contributed by atoms with van der Waals surface area (Å²) in [5.74, 6) is -0.376. The number of nitrogens with zero attached hydrogens (tertiary/aromatic N) is 1. The van der Waals surface area contributed by atoms with Gasteiger partial charge in [0.15, 0.2) is 0 Å². The summed E-state index contributed by atoms with van der Waals surface area (Å²) in [5, 5.41) is 1.73. The van der Waals surface area contributed by atoms with Gasteiger partial charge in [-0.15, -0.1) is 9.24 Å². The van der Waals surface area contributed by atoms with Crippen molar-refractivity contribution in [2.24, 2.45) is 0 Å². The molecule has 2 aromatic rings. The van der Waals surface area contributed by atoms with E-state index in [1.807, 2.05) is 24.3 Å². The van der Waals surface area contributed by atoms with Gasteiger partial charge in [-0.3, -0.25) is 14.5 Å². The van der Waals surface area contributed by atoms with Crippen LogP contribution in [-0.4, -0.2) is 29.4 Å². The third kappa shape index (κ3) is 1.48. The highest BCUT2D eigenvalue weighted by Crippen LogP contribution is 2.29. The quantitative estimate of drug-likeness (QED) is 0.611. The molecule has 0 radical (unpaired) electrons. The number of carbonyl (C=O) groups excluding carboxylic acids is 2. The van der Waals surface area contributed by atoms with Gasteiger partial charge < -0.3 is 0 Å². The van der Waals surface area contributed by atoms with Crippen LogP contribution in [0.15, 0.2) is 36.4 Å². The van der Waals surface area contributed by atoms with Crippen LogP contribution in [-0.2, 0) is 0 Å². The number of amides is 2. The van der Waals surface area contributed by atoms with Gasteiger partial charge in [-0.2, -0.15) is 0 Å². The van der Waals surface area contributed by atoms with Crippen LogP contribution in [0.4, 0.5) is 0 Å². The minimum absolute atomic E-state index is 0.188. The Kier molecular flexibility index (Phi) is 2.64. The summed E-state index contributed by atoms with van der Waals surface area (Å²) >= 11 is 0. The standard InChI is InChI=1S/C14H12NO2P/c16-13-10-5-1-3-9-4-2-6-11(12(9)10)14(17)15(13)7-8-18/h1-6H,7-8,18H2. The average molecular weight is 257 g/mol. The van der Waals surface area contributed by atoms with Gasteiger partial charge in [0.2, 0.25) is 0 Å². The highest BCUT2D eigenvalue weighted by Gasteiger charge is 2.31. The predicted octanol–water partition coefficient (Wildman–Crippen LogP) is 2.31. The monoisotopic (exact) mass is 257 g/mol. The minimum Gasteiger partial charge on any atom is -0.274 e. The first-order valence-electron chi connectivity index (χ1n) is 5.82. The maximum atomic E-state index is 12.3. The molecule has 0 saturated heterocycles. The number of imide groups is 1. The molecule has 3 nitrogen and oxygen atoms in total. The zero-order valence-corrected chi connectivity index (χ0v) is 10.9. The Labute approximate surface area is 107 Å². The van der Waals surface area contributed by atoms with Crippen molar-refractivity contribution in [2.45, 2.75) is 0 Å². The third-order valence-corrected chi connectivity index (χ3v) is 3.47. The van der Waals surface area contributed by atoms with Gasteiger partial charge in [0.05, 0.1) is 0 Å². The van der Waals surface area contributed by atoms with E-state index >= 15 is 0 Å². The van der Waals surface area contributed by atoms with E-state index in [9.17, 15) is 9.59 Å². The summed E-state index contributed by atoms with van der Waals surface area (Å²) in [5.41, 5.74) is 1.25. The van der Waals surface area contributed by atoms with Gasteiger partial charge in [0, 0.05) is 23.1 Å². The molecule has 1 aliphatic rings. The lowest BCUT2D eigenvalue weighted by molar-refractivity contribution is 0.0621. The molecule has 0 saturated carbocycles. The normalized spacial score (nSPS) is 14.4. The molecule has 18 heavy (non-hydrogen) atoms. The molecule has 0 aliphatic carbocycles. The lowest BCUT2D eigenvalue weighted by Crippen LogP contribution is -2.41. The predicted molar refractivity (Wildman–Crippen MR) is 73.9 cm³/mol. The first kappa shape index (κ1) is 11.4. The van der Waals surface area contributed by atoms with E-state index in [-0.39, 0.29) is 11.8 Å². The minimum atomic E-state index is -0.188. The van der Waals surface area contributed by atoms with Crippen LogP contribution in [0.5, 0.6) is 0 Å². The fourth-order valence-electron chi connectivity index (χ4n) is 2.41. The molecule has 1 unspecified atom stereocenters. The summed E-state index contributed by atoms with van der Waals surface area (Å²) in [6.45, 7) is 0.438. The molecule has 0 aromatic heterocycles. The first-order valence-corrected chi connectivity index (χ1v) is 6.63. The van der Waals surface area contributed by atoms with Gasteiger partial charge in [0.25, 0.3) is 11.8 Å². The molecule has 90 valence electrons. The lowest BCUT2D eigenvalue weighted by Gasteiger charge is -2.26. The molecular formula is C14H12NO2P. The third-order valence-electron chi connectivity index (χ3n) is 3.21. The van der Waals surface area contributed by atoms with Crippen molar-refractivity contribution in [1.29, 1.82) is 0 Å². The highest BCUT2D eigenvalue weighted by molar-refractivity contribution is 7.16. The molecule has 4 heteroatoms. The number of rotatable bonds is 2. The van der Waals surface area contributed by atoms with Crippen LogP contribution in [0.3, 0.4) is 0 Å². The second kappa shape index (κ2) is 4.18. The molecule has 1 aliphatic heterocycles. The molecule has 1 heterocycles. The Morgan fingerprint density at radius 2 is 1.50 bits per heavy atom. The van der Waals surface area contributed by atoms with Crippen molar-refractivity contribution in [2.75, 3.05) is 12.7 Å². The van der Waals surface area contributed by atoms with Crippen molar-refractivity contribution in [3.05, 3.63) is 47.5 Å². The van der Waals surface area contributed by atoms with E-state index < -0.39 is 0 Å². The van der Waals surface area contributed by atoms with Gasteiger partial charge in [-0.25, -0.2) is 0 Å². The summed E-state index contributed by atoms with van der Waals surface area (Å²) in [6, 6.07) is 11.1. The second-order valence-corrected chi connectivity index (χ2v) is 4.84. The molecule has 2 aromatic carbocycles. The molecule has 2 amide bonds. The first-order chi connectivity index (χ1) is 8.74. The lowest BCUT2D eigenvalue weighted by atomic mass is 9.94. The smallest absolute Gasteiger partial charge is 0.261 e. The van der Waals surface area contributed by atoms with Gasteiger partial charge >= 0.3 is 0 Å². The van der Waals surface area contributed by atoms with E-state index in [1.165, 1.54) is 4.90 Å². The maximum Gasteiger partial charge on any atom is 0.261 e. The van der Waals surface area contributed by atoms with Crippen LogP contribution < -0.4 is 0 Å². The SMILES string of the molecule is O=C1c2cccc3cccc(c23)C(=O)N1CCP. The number of hydrogen-bond acceptors (Lipinski definition) is 2. The van der Waals surface area contributed by atoms with Crippen LogP contribution in [0.25, 0.3) is 10.8 Å². The number of carbonyl (C=O) groups is 2. The Balaban J connectivity index is 2.32. The van der Waals surface area contributed by atoms with Gasteiger partial charge in [-0.1, -0.05) is 24.3 Å². The van der Waals surface area contributed by atoms with Crippen molar-refractivity contribution in [1.82, 2.24) is 4.90 Å². The second-order valence-electron chi connectivity index (χ2n) is 4.26. The molecule has 0 fully saturated rings. The zero-order chi connectivity index (χ0) is 12.7. The van der Waals surface area contributed by atoms with Crippen molar-refractivity contribution < 1.29 is 9.59 Å². The van der Waals surface area contributed by atoms with E-state index in [2.05, 4.69) is 9.24 Å². The Morgan fingerprint density at radius 1 is 0.944 bits per heavy atom. The highest BCUT2D eigenvalue weighted by atomic mass is 31.0. The molecule has 0 N–H and O–H groups in total. The molecule has 1 atom stereocenters. The van der Waals surface area contributed by atoms with Crippen molar-refractivity contribution >= 4 is 31.8 Å². The summed E-state index contributed by atoms with van der Waals surface area (Å²) in [6.07, 6.45) is 0.690. The summed E-state index contributed by atoms with van der Waals surface area (Å²) < 4.78 is 0. The Bertz CT molecular complexity index is 615. The maximum absolute atomic E-state index is 12.3. The largest absolute Gasteiger partial charge is 0.274 e. The molecule has 3 rings (SSSR count). The molecular weight excluding hydrogens is 245 g/mol. The van der Waals surface area contributed by atoms with Crippen molar-refractivity contribution in [3.8, 4) is 0 Å². The van der Waals surface area contributed by atoms with Crippen molar-refractivity contribution in [3.63, 3.8) is 0 Å². The van der Waals surface area contributed by atoms with Crippen LogP contribution in [0, 0.1) is 0 Å². The topological polar surface area (TPSA) is 37.4 Å². The Morgan fingerprint density at radius 3 is 2.00 bits per heavy atom. The van der Waals surface area contributed by atoms with Gasteiger partial charge in [-0.05, 0) is 23.7 Å². The van der Waals surface area contributed by atoms with Crippen LogP contribution in [0.2, 0.25) is 0 Å². The van der Waals surface area contributed by atoms with E-state index in [1.54, 1.807) is 12.1 Å². The average Bonchev–Trinajstić information content (AvgIpc) is 2.40. The Hall–Kier alpha value is -1.73. The fourth-order valence-corrected chi connectivity index (χ4v) is 2.67. The summed E-state index contributed by atoms with van der Waals surface area (Å²) in [4.78, 5) is 25.9. The number of hydrogen-bond donors (Lipinski definition) is 0. The summed E-state index contributed by atoms with van der Waals surface area (Å²) in [7, 11) is 2.54. The van der Waals surface area contributed by atoms with Crippen LogP contribution >= 0.6 is 9.24 Å². The zero-order valence-electron chi connectivity index (χ0n) is 9.72.